The van der Waals surface area contributed by atoms with Gasteiger partial charge in [0.15, 0.2) is 6.61 Å². The van der Waals surface area contributed by atoms with Crippen LogP contribution in [0.1, 0.15) is 53.7 Å². The number of aliphatic hydroxyl groups excluding tert-OH is 1. The van der Waals surface area contributed by atoms with Crippen LogP contribution in [-0.4, -0.2) is 102 Å². The van der Waals surface area contributed by atoms with Crippen molar-refractivity contribution in [2.45, 2.75) is 80.7 Å². The van der Waals surface area contributed by atoms with Crippen LogP contribution in [0.5, 0.6) is 17.2 Å². The molecule has 8 rings (SSSR count). The number of nitrogens with zero attached hydrogens (tertiary/aromatic N) is 1. The Morgan fingerprint density at radius 3 is 2.22 bits per heavy atom. The summed E-state index contributed by atoms with van der Waals surface area (Å²) < 4.78 is 23.3. The molecule has 12 nitrogen and oxygen atoms in total. The molecule has 1 amide bonds. The van der Waals surface area contributed by atoms with E-state index in [1.807, 2.05) is 47.2 Å². The van der Waals surface area contributed by atoms with Crippen LogP contribution in [0.3, 0.4) is 0 Å². The summed E-state index contributed by atoms with van der Waals surface area (Å²) >= 11 is 2.74. The fourth-order valence-electron chi connectivity index (χ4n) is 8.09. The molecule has 3 fully saturated rings. The van der Waals surface area contributed by atoms with E-state index < -0.39 is 17.7 Å². The molecule has 3 saturated heterocycles. The van der Waals surface area contributed by atoms with Gasteiger partial charge in [0.1, 0.15) is 47.6 Å². The first kappa shape index (κ1) is 41.1. The molecular weight excluding hydrogens is 810 g/mol. The molecule has 55 heavy (non-hydrogen) atoms. The molecule has 2 aromatic heterocycles. The minimum atomic E-state index is -1.72. The molecule has 2 unspecified atom stereocenters. The predicted octanol–water partition coefficient (Wildman–Crippen LogP) is 1.73. The lowest BCUT2D eigenvalue weighted by Crippen LogP contribution is -3.00. The number of phenols is 1. The van der Waals surface area contributed by atoms with Crippen molar-refractivity contribution >= 4 is 40.2 Å². The number of thiophene rings is 2. The van der Waals surface area contributed by atoms with Gasteiger partial charge in [-0.25, -0.2) is 4.79 Å². The number of rotatable bonds is 11. The average molecular weight is 859 g/mol. The number of ether oxygens (including phenoxy) is 4. The van der Waals surface area contributed by atoms with E-state index in [1.54, 1.807) is 19.2 Å². The van der Waals surface area contributed by atoms with Gasteiger partial charge in [-0.3, -0.25) is 4.79 Å². The molecule has 2 bridgehead atoms. The number of amides is 1. The van der Waals surface area contributed by atoms with Crippen LogP contribution in [0.15, 0.2) is 71.4 Å². The van der Waals surface area contributed by atoms with Crippen LogP contribution < -0.4 is 37.1 Å². The zero-order chi connectivity index (χ0) is 38.4. The van der Waals surface area contributed by atoms with E-state index in [-0.39, 0.29) is 53.4 Å². The number of halogens is 1. The van der Waals surface area contributed by atoms with Crippen LogP contribution in [-0.2, 0) is 31.1 Å². The van der Waals surface area contributed by atoms with Crippen LogP contribution in [0.2, 0.25) is 0 Å². The number of hydrogen-bond acceptors (Lipinski definition) is 12. The molecule has 0 aliphatic carbocycles. The topological polar surface area (TPSA) is 159 Å². The Labute approximate surface area is 339 Å². The summed E-state index contributed by atoms with van der Waals surface area (Å²) in [7, 11) is 6.13. The van der Waals surface area contributed by atoms with Crippen LogP contribution in [0.25, 0.3) is 0 Å². The highest BCUT2D eigenvalue weighted by Gasteiger charge is 2.71. The molecule has 4 aromatic rings. The van der Waals surface area contributed by atoms with Gasteiger partial charge in [-0.05, 0) is 66.9 Å². The van der Waals surface area contributed by atoms with Gasteiger partial charge >= 0.3 is 5.97 Å². The number of methoxy groups -OCH3 is 1. The third-order valence-corrected chi connectivity index (χ3v) is 13.0. The first-order chi connectivity index (χ1) is 25.7. The molecule has 6 heterocycles. The van der Waals surface area contributed by atoms with E-state index in [4.69, 9.17) is 18.9 Å². The Bertz CT molecular complexity index is 1900. The lowest BCUT2D eigenvalue weighted by molar-refractivity contribution is -0.938. The summed E-state index contributed by atoms with van der Waals surface area (Å²) in [6, 6.07) is 18.7. The number of esters is 1. The number of quaternary nitrogens is 1. The average Bonchev–Trinajstić information content (AvgIpc) is 3.43. The summed E-state index contributed by atoms with van der Waals surface area (Å²) in [6.45, 7) is 4.25. The molecule has 5 N–H and O–H groups in total. The predicted molar refractivity (Wildman–Crippen MR) is 205 cm³/mol. The Morgan fingerprint density at radius 1 is 1.04 bits per heavy atom. The molecule has 0 radical (unpaired) electrons. The fourth-order valence-corrected chi connectivity index (χ4v) is 9.80. The first-order valence-corrected chi connectivity index (χ1v) is 19.8. The van der Waals surface area contributed by atoms with E-state index in [0.29, 0.717) is 51.0 Å². The minimum absolute atomic E-state index is 0. The van der Waals surface area contributed by atoms with Crippen molar-refractivity contribution in [2.24, 2.45) is 0 Å². The number of likely N-dealkylation sites (N-methyl/N-ethyl adjacent to an activating group) is 1. The zero-order valence-corrected chi connectivity index (χ0v) is 34.6. The molecule has 6 atom stereocenters. The van der Waals surface area contributed by atoms with Crippen LogP contribution in [0.4, 0.5) is 5.69 Å². The van der Waals surface area contributed by atoms with Crippen molar-refractivity contribution in [1.82, 2.24) is 5.32 Å². The summed E-state index contributed by atoms with van der Waals surface area (Å²) in [5.41, 5.74) is -0.0523. The van der Waals surface area contributed by atoms with Gasteiger partial charge < -0.3 is 66.4 Å². The highest BCUT2D eigenvalue weighted by atomic mass is 79.9. The number of morpholine rings is 1. The monoisotopic (exact) mass is 857 g/mol. The second-order valence-electron chi connectivity index (χ2n) is 15.5. The molecule has 4 aliphatic rings. The Morgan fingerprint density at radius 2 is 1.65 bits per heavy atom. The van der Waals surface area contributed by atoms with E-state index in [2.05, 4.69) is 38.6 Å². The lowest BCUT2D eigenvalue weighted by Gasteiger charge is -2.45. The number of benzene rings is 2. The molecule has 15 heteroatoms. The van der Waals surface area contributed by atoms with Crippen molar-refractivity contribution in [3.05, 3.63) is 92.3 Å². The number of aromatic hydroxyl groups is 1. The summed E-state index contributed by atoms with van der Waals surface area (Å²) in [6.07, 6.45) is 1.90. The zero-order valence-electron chi connectivity index (χ0n) is 31.4. The van der Waals surface area contributed by atoms with Crippen molar-refractivity contribution < 1.29 is 65.3 Å². The number of piperidine rings is 1. The Balaban J connectivity index is 0.000000184. The maximum atomic E-state index is 13.1. The van der Waals surface area contributed by atoms with Crippen LogP contribution >= 0.6 is 22.7 Å². The number of anilines is 1. The van der Waals surface area contributed by atoms with E-state index in [9.17, 15) is 24.9 Å². The molecule has 0 saturated carbocycles. The second kappa shape index (κ2) is 16.1. The van der Waals surface area contributed by atoms with Gasteiger partial charge in [-0.2, -0.15) is 0 Å². The standard InChI is InChI=1S/C21H26N2O5.C19H22NO4S2.BrH/c1-21(2,10-13-4-6-15(27-3)7-5-13)22-11-18(25)16-8-14(24)9-17-20(16)28-12-19(26)23-17;1-20(2)12-9-11(10-13(20)17-16(12)24-17)23-18(21)19(22,14-5-3-7-25-14)15-6-4-8-26-15;/h4-9,18,22,24-25H,10-12H2,1-3H3,(H,23,26);3-8,11-13,16-17,22H,9-10H2,1-2H3;1H/q;+1;/p-1/t;11?,12-,13+,16-,17+;. The first-order valence-electron chi connectivity index (χ1n) is 18.1. The van der Waals surface area contributed by atoms with Crippen molar-refractivity contribution in [3.8, 4) is 17.2 Å². The van der Waals surface area contributed by atoms with Gasteiger partial charge in [-0.1, -0.05) is 24.3 Å². The molecular formula is C40H48BrN3O9S2. The third kappa shape index (κ3) is 8.44. The number of carbonyl (C=O) groups is 2. The number of hydrogen-bond donors (Lipinski definition) is 5. The van der Waals surface area contributed by atoms with Crippen molar-refractivity contribution in [3.63, 3.8) is 0 Å². The SMILES string of the molecule is COc1ccc(CC(C)(C)NCC(O)c2cc(O)cc3c2OCC(=O)N3)cc1.C[N+]1(C)[C@@H]2CC(OC(=O)C(O)(c3cccs3)c3cccs3)C[C@H]1[C@@H]1O[C@@H]12.[Br-]. The third-order valence-electron chi connectivity index (χ3n) is 11.0. The number of fused-ring (bicyclic) bond motifs is 6. The highest BCUT2D eigenvalue weighted by Crippen LogP contribution is 2.52. The number of β-amino-alcohol motifs (C(OH)–C–C–N with tert-alkyl or cyclic N) is 1. The summed E-state index contributed by atoms with van der Waals surface area (Å²) in [4.78, 5) is 25.8. The normalized spacial score (nSPS) is 23.7. The Hall–Kier alpha value is -3.54. The van der Waals surface area contributed by atoms with Crippen molar-refractivity contribution in [1.29, 1.82) is 0 Å². The maximum absolute atomic E-state index is 13.1. The lowest BCUT2D eigenvalue weighted by atomic mass is 9.94. The molecule has 0 spiro atoms. The largest absolute Gasteiger partial charge is 1.00 e. The van der Waals surface area contributed by atoms with Gasteiger partial charge in [0, 0.05) is 36.6 Å². The smallest absolute Gasteiger partial charge is 0.349 e. The summed E-state index contributed by atoms with van der Waals surface area (Å²) in [5.74, 6) is 0.298. The van der Waals surface area contributed by atoms with E-state index in [0.717, 1.165) is 35.1 Å². The number of phenolic OH excluding ortho intramolecular Hbond substituents is 1. The number of epoxide rings is 1. The molecule has 296 valence electrons. The maximum Gasteiger partial charge on any atom is 0.349 e. The van der Waals surface area contributed by atoms with E-state index in [1.165, 1.54) is 34.8 Å². The number of nitrogens with one attached hydrogen (secondary N) is 2. The highest BCUT2D eigenvalue weighted by molar-refractivity contribution is 7.12. The minimum Gasteiger partial charge on any atom is -1.00 e. The van der Waals surface area contributed by atoms with Crippen molar-refractivity contribution in [2.75, 3.05) is 39.7 Å². The van der Waals surface area contributed by atoms with Gasteiger partial charge in [-0.15, -0.1) is 22.7 Å². The quantitative estimate of drug-likeness (QED) is 0.0856. The Kier molecular flexibility index (Phi) is 12.1. The second-order valence-corrected chi connectivity index (χ2v) is 17.4. The molecule has 2 aromatic carbocycles. The number of carbonyl (C=O) groups excluding carboxylic acids is 2. The summed E-state index contributed by atoms with van der Waals surface area (Å²) in [5, 5.41) is 41.7. The van der Waals surface area contributed by atoms with Crippen LogP contribution in [0, 0.1) is 0 Å². The van der Waals surface area contributed by atoms with Gasteiger partial charge in [0.25, 0.3) is 5.91 Å². The van der Waals surface area contributed by atoms with Gasteiger partial charge in [0.05, 0.1) is 42.8 Å². The molecule has 4 aliphatic heterocycles. The number of aliphatic hydroxyl groups is 2. The van der Waals surface area contributed by atoms with Gasteiger partial charge in [0.2, 0.25) is 5.60 Å². The fraction of sp³-hybridized carbons (Fsp3) is 0.450. The van der Waals surface area contributed by atoms with E-state index >= 15 is 0 Å².